The molecular weight excluding hydrogens is 290 g/mol. The third kappa shape index (κ3) is 1.98. The van der Waals surface area contributed by atoms with Gasteiger partial charge in [-0.2, -0.15) is 0 Å². The molecule has 0 amide bonds. The summed E-state index contributed by atoms with van der Waals surface area (Å²) in [6, 6.07) is 12.3. The predicted octanol–water partition coefficient (Wildman–Crippen LogP) is 3.38. The van der Waals surface area contributed by atoms with Crippen molar-refractivity contribution in [2.45, 2.75) is 0 Å². The Hall–Kier alpha value is -2.66. The van der Waals surface area contributed by atoms with Crippen molar-refractivity contribution in [3.8, 4) is 11.7 Å². The number of rotatable bonds is 1. The van der Waals surface area contributed by atoms with Crippen LogP contribution < -0.4 is 5.56 Å². The Kier molecular flexibility index (Phi) is 2.55. The maximum atomic E-state index is 12.1. The average molecular weight is 298 g/mol. The van der Waals surface area contributed by atoms with E-state index in [0.29, 0.717) is 32.8 Å². The van der Waals surface area contributed by atoms with E-state index in [2.05, 4.69) is 15.0 Å². The number of para-hydroxylation sites is 2. The van der Waals surface area contributed by atoms with Crippen LogP contribution in [-0.2, 0) is 0 Å². The zero-order valence-corrected chi connectivity index (χ0v) is 11.4. The molecule has 0 aliphatic rings. The Bertz CT molecular complexity index is 1000. The fourth-order valence-corrected chi connectivity index (χ4v) is 2.36. The highest BCUT2D eigenvalue weighted by Gasteiger charge is 2.12. The Morgan fingerprint density at radius 2 is 1.90 bits per heavy atom. The molecule has 4 aromatic rings. The minimum absolute atomic E-state index is 0.278. The molecule has 0 aliphatic heterocycles. The molecule has 0 saturated carbocycles. The molecule has 6 heteroatoms. The first kappa shape index (κ1) is 12.1. The second kappa shape index (κ2) is 4.43. The van der Waals surface area contributed by atoms with Gasteiger partial charge in [-0.15, -0.1) is 0 Å². The van der Waals surface area contributed by atoms with Gasteiger partial charge in [-0.3, -0.25) is 4.79 Å². The SMILES string of the molecule is O=c1[nH]c(-c2nc3ccccc3o2)nc2ccc(Cl)cc12. The lowest BCUT2D eigenvalue weighted by atomic mass is 10.2. The zero-order valence-electron chi connectivity index (χ0n) is 10.6. The number of nitrogens with one attached hydrogen (secondary N) is 1. The van der Waals surface area contributed by atoms with Crippen molar-refractivity contribution < 1.29 is 4.42 Å². The number of hydrogen-bond acceptors (Lipinski definition) is 4. The summed E-state index contributed by atoms with van der Waals surface area (Å²) in [6.07, 6.45) is 0. The highest BCUT2D eigenvalue weighted by molar-refractivity contribution is 6.31. The highest BCUT2D eigenvalue weighted by atomic mass is 35.5. The molecule has 0 spiro atoms. The van der Waals surface area contributed by atoms with Crippen LogP contribution in [0.2, 0.25) is 5.02 Å². The minimum atomic E-state index is -0.278. The van der Waals surface area contributed by atoms with Crippen LogP contribution in [0.5, 0.6) is 0 Å². The van der Waals surface area contributed by atoms with Gasteiger partial charge in [-0.05, 0) is 30.3 Å². The van der Waals surface area contributed by atoms with Gasteiger partial charge in [0.2, 0.25) is 0 Å². The Morgan fingerprint density at radius 3 is 2.76 bits per heavy atom. The second-order valence-corrected chi connectivity index (χ2v) is 5.00. The molecule has 2 aromatic carbocycles. The maximum absolute atomic E-state index is 12.1. The van der Waals surface area contributed by atoms with Crippen LogP contribution in [0.25, 0.3) is 33.7 Å². The molecule has 1 N–H and O–H groups in total. The van der Waals surface area contributed by atoms with Crippen molar-refractivity contribution in [3.05, 3.63) is 57.8 Å². The molecule has 0 atom stereocenters. The van der Waals surface area contributed by atoms with Crippen molar-refractivity contribution in [1.29, 1.82) is 0 Å². The second-order valence-electron chi connectivity index (χ2n) is 4.56. The van der Waals surface area contributed by atoms with Crippen LogP contribution in [0.15, 0.2) is 51.7 Å². The number of H-pyrrole nitrogens is 1. The zero-order chi connectivity index (χ0) is 14.4. The number of halogens is 1. The molecule has 0 radical (unpaired) electrons. The van der Waals surface area contributed by atoms with E-state index in [-0.39, 0.29) is 11.4 Å². The van der Waals surface area contributed by atoms with Crippen LogP contribution in [0.3, 0.4) is 0 Å². The van der Waals surface area contributed by atoms with Gasteiger partial charge in [0, 0.05) is 5.02 Å². The minimum Gasteiger partial charge on any atom is -0.434 e. The lowest BCUT2D eigenvalue weighted by Gasteiger charge is -1.99. The summed E-state index contributed by atoms with van der Waals surface area (Å²) in [5.74, 6) is 0.580. The van der Waals surface area contributed by atoms with Crippen LogP contribution in [-0.4, -0.2) is 15.0 Å². The van der Waals surface area contributed by atoms with E-state index in [4.69, 9.17) is 16.0 Å². The summed E-state index contributed by atoms with van der Waals surface area (Å²) in [7, 11) is 0. The van der Waals surface area contributed by atoms with Crippen molar-refractivity contribution in [2.24, 2.45) is 0 Å². The standard InChI is InChI=1S/C15H8ClN3O2/c16-8-5-6-10-9(7-8)14(20)19-13(17-10)15-18-11-3-1-2-4-12(11)21-15/h1-7H,(H,17,19,20). The molecule has 0 saturated heterocycles. The van der Waals surface area contributed by atoms with Crippen LogP contribution >= 0.6 is 11.6 Å². The molecule has 4 rings (SSSR count). The van der Waals surface area contributed by atoms with Crippen molar-refractivity contribution in [3.63, 3.8) is 0 Å². The maximum Gasteiger partial charge on any atom is 0.264 e. The number of hydrogen-bond donors (Lipinski definition) is 1. The fraction of sp³-hybridized carbons (Fsp3) is 0. The van der Waals surface area contributed by atoms with Crippen LogP contribution in [0, 0.1) is 0 Å². The summed E-state index contributed by atoms with van der Waals surface area (Å²) in [6.45, 7) is 0. The summed E-state index contributed by atoms with van der Waals surface area (Å²) in [4.78, 5) is 23.5. The van der Waals surface area contributed by atoms with E-state index in [9.17, 15) is 4.79 Å². The first-order chi connectivity index (χ1) is 10.2. The highest BCUT2D eigenvalue weighted by Crippen LogP contribution is 2.22. The predicted molar refractivity (Wildman–Crippen MR) is 80.4 cm³/mol. The molecule has 102 valence electrons. The number of benzene rings is 2. The van der Waals surface area contributed by atoms with Gasteiger partial charge < -0.3 is 9.40 Å². The molecule has 2 heterocycles. The van der Waals surface area contributed by atoms with E-state index < -0.39 is 0 Å². The molecule has 0 fully saturated rings. The van der Waals surface area contributed by atoms with Crippen molar-refractivity contribution in [1.82, 2.24) is 15.0 Å². The molecule has 0 aliphatic carbocycles. The summed E-state index contributed by atoms with van der Waals surface area (Å²) in [5, 5.41) is 0.923. The fourth-order valence-electron chi connectivity index (χ4n) is 2.19. The normalized spacial score (nSPS) is 11.3. The van der Waals surface area contributed by atoms with Crippen LogP contribution in [0.1, 0.15) is 0 Å². The average Bonchev–Trinajstić information content (AvgIpc) is 2.92. The van der Waals surface area contributed by atoms with E-state index in [1.54, 1.807) is 18.2 Å². The Morgan fingerprint density at radius 1 is 1.05 bits per heavy atom. The van der Waals surface area contributed by atoms with Crippen molar-refractivity contribution >= 4 is 33.6 Å². The summed E-state index contributed by atoms with van der Waals surface area (Å²) < 4.78 is 5.61. The summed E-state index contributed by atoms with van der Waals surface area (Å²) in [5.41, 5.74) is 1.62. The molecule has 0 unspecified atom stereocenters. The van der Waals surface area contributed by atoms with Gasteiger partial charge in [-0.1, -0.05) is 23.7 Å². The number of oxazole rings is 1. The van der Waals surface area contributed by atoms with E-state index in [1.165, 1.54) is 0 Å². The van der Waals surface area contributed by atoms with Crippen molar-refractivity contribution in [2.75, 3.05) is 0 Å². The lowest BCUT2D eigenvalue weighted by Crippen LogP contribution is -2.09. The molecule has 21 heavy (non-hydrogen) atoms. The van der Waals surface area contributed by atoms with Gasteiger partial charge >= 0.3 is 0 Å². The largest absolute Gasteiger partial charge is 0.434 e. The lowest BCUT2D eigenvalue weighted by molar-refractivity contribution is 0.613. The molecule has 2 aromatic heterocycles. The topological polar surface area (TPSA) is 71.8 Å². The first-order valence-electron chi connectivity index (χ1n) is 6.26. The number of aromatic amines is 1. The Balaban J connectivity index is 1.98. The number of aromatic nitrogens is 3. The first-order valence-corrected chi connectivity index (χ1v) is 6.64. The molecule has 0 bridgehead atoms. The molecule has 5 nitrogen and oxygen atoms in total. The van der Waals surface area contributed by atoms with E-state index in [0.717, 1.165) is 0 Å². The number of nitrogens with zero attached hydrogens (tertiary/aromatic N) is 2. The van der Waals surface area contributed by atoms with E-state index in [1.807, 2.05) is 24.3 Å². The van der Waals surface area contributed by atoms with Gasteiger partial charge in [0.15, 0.2) is 11.4 Å². The summed E-state index contributed by atoms with van der Waals surface area (Å²) >= 11 is 5.89. The quantitative estimate of drug-likeness (QED) is 0.584. The third-order valence-electron chi connectivity index (χ3n) is 3.16. The van der Waals surface area contributed by atoms with E-state index >= 15 is 0 Å². The van der Waals surface area contributed by atoms with Gasteiger partial charge in [-0.25, -0.2) is 9.97 Å². The monoisotopic (exact) mass is 297 g/mol. The van der Waals surface area contributed by atoms with Gasteiger partial charge in [0.1, 0.15) is 5.52 Å². The third-order valence-corrected chi connectivity index (χ3v) is 3.40. The van der Waals surface area contributed by atoms with Gasteiger partial charge in [0.25, 0.3) is 11.4 Å². The van der Waals surface area contributed by atoms with Crippen LogP contribution in [0.4, 0.5) is 0 Å². The van der Waals surface area contributed by atoms with Gasteiger partial charge in [0.05, 0.1) is 10.9 Å². The number of fused-ring (bicyclic) bond motifs is 2. The Labute approximate surface area is 123 Å². The molecular formula is C15H8ClN3O2. The smallest absolute Gasteiger partial charge is 0.264 e.